The number of benzene rings is 1. The first-order chi connectivity index (χ1) is 11.5. The third-order valence-electron chi connectivity index (χ3n) is 3.78. The van der Waals surface area contributed by atoms with Crippen molar-refractivity contribution in [2.45, 2.75) is 18.6 Å². The van der Waals surface area contributed by atoms with Crippen LogP contribution < -0.4 is 14.8 Å². The van der Waals surface area contributed by atoms with Crippen LogP contribution >= 0.6 is 0 Å². The maximum absolute atomic E-state index is 12.2. The molecule has 0 aromatic heterocycles. The minimum absolute atomic E-state index is 0.0222. The van der Waals surface area contributed by atoms with E-state index in [9.17, 15) is 9.59 Å². The van der Waals surface area contributed by atoms with E-state index in [0.717, 1.165) is 5.56 Å². The topological polar surface area (TPSA) is 137 Å². The second-order valence-corrected chi connectivity index (χ2v) is 5.05. The highest BCUT2D eigenvalue weighted by Crippen LogP contribution is 2.30. The Bertz CT molecular complexity index is 688. The van der Waals surface area contributed by atoms with Gasteiger partial charge in [-0.05, 0) is 17.7 Å². The Kier molecular flexibility index (Phi) is 5.33. The second-order valence-electron chi connectivity index (χ2n) is 5.05. The number of hydrogen-bond donors (Lipinski definition) is 2. The molecule has 1 aliphatic heterocycles. The van der Waals surface area contributed by atoms with Crippen LogP contribution in [0, 0.1) is 0 Å². The Hall–Kier alpha value is -3.13. The van der Waals surface area contributed by atoms with Crippen molar-refractivity contribution in [2.24, 2.45) is 5.11 Å². The predicted molar refractivity (Wildman–Crippen MR) is 82.8 cm³/mol. The maximum Gasteiger partial charge on any atom is 0.405 e. The van der Waals surface area contributed by atoms with Crippen LogP contribution in [0.5, 0.6) is 11.5 Å². The van der Waals surface area contributed by atoms with Gasteiger partial charge in [-0.2, -0.15) is 0 Å². The lowest BCUT2D eigenvalue weighted by Crippen LogP contribution is -2.71. The fourth-order valence-electron chi connectivity index (χ4n) is 2.58. The molecule has 1 aromatic rings. The summed E-state index contributed by atoms with van der Waals surface area (Å²) in [7, 11) is 3.04. The van der Waals surface area contributed by atoms with Gasteiger partial charge in [-0.25, -0.2) is 4.79 Å². The number of ether oxygens (including phenoxy) is 2. The molecular weight excluding hydrogens is 318 g/mol. The van der Waals surface area contributed by atoms with Crippen molar-refractivity contribution < 1.29 is 24.2 Å². The summed E-state index contributed by atoms with van der Waals surface area (Å²) in [6, 6.07) is 3.72. The zero-order chi connectivity index (χ0) is 17.7. The molecule has 2 rings (SSSR count). The van der Waals surface area contributed by atoms with E-state index in [1.807, 2.05) is 0 Å². The van der Waals surface area contributed by atoms with Gasteiger partial charge in [0, 0.05) is 29.6 Å². The number of azide groups is 1. The summed E-state index contributed by atoms with van der Waals surface area (Å²) in [5.74, 6) is 0.773. The molecule has 10 nitrogen and oxygen atoms in total. The second kappa shape index (κ2) is 7.42. The van der Waals surface area contributed by atoms with Crippen molar-refractivity contribution in [2.75, 3.05) is 20.8 Å². The van der Waals surface area contributed by atoms with Crippen molar-refractivity contribution >= 4 is 12.0 Å². The summed E-state index contributed by atoms with van der Waals surface area (Å²) >= 11 is 0. The average molecular weight is 335 g/mol. The fraction of sp³-hybridized carbons (Fsp3) is 0.429. The molecule has 0 spiro atoms. The highest BCUT2D eigenvalue weighted by molar-refractivity contribution is 5.92. The highest BCUT2D eigenvalue weighted by Gasteiger charge is 2.47. The first kappa shape index (κ1) is 17.2. The number of nitrogens with zero attached hydrogens (tertiary/aromatic N) is 4. The molecule has 1 heterocycles. The molecule has 1 fully saturated rings. The predicted octanol–water partition coefficient (Wildman–Crippen LogP) is 1.36. The van der Waals surface area contributed by atoms with E-state index >= 15 is 0 Å². The molecule has 2 N–H and O–H groups in total. The Balaban J connectivity index is 2.19. The molecule has 128 valence electrons. The van der Waals surface area contributed by atoms with Gasteiger partial charge in [-0.15, -0.1) is 0 Å². The van der Waals surface area contributed by atoms with Crippen LogP contribution in [0.4, 0.5) is 4.79 Å². The van der Waals surface area contributed by atoms with E-state index in [0.29, 0.717) is 11.5 Å². The average Bonchev–Trinajstić information content (AvgIpc) is 2.59. The largest absolute Gasteiger partial charge is 0.497 e. The molecule has 0 bridgehead atoms. The van der Waals surface area contributed by atoms with Gasteiger partial charge >= 0.3 is 6.09 Å². The molecule has 2 atom stereocenters. The molecule has 1 aliphatic rings. The standard InChI is InChI=1S/C14H17N5O5/c1-23-9-4-3-8(11(5-9)24-2)7-19-10(6-16-18-15)12(13(19)20)17-14(21)22/h3-5,10,12,17H,6-7H2,1-2H3,(H,21,22)/t10-,12+/m1/s1. The van der Waals surface area contributed by atoms with Gasteiger partial charge in [-0.3, -0.25) is 4.79 Å². The number of amides is 2. The molecular formula is C14H17N5O5. The van der Waals surface area contributed by atoms with Crippen molar-refractivity contribution in [3.63, 3.8) is 0 Å². The molecule has 0 saturated carbocycles. The van der Waals surface area contributed by atoms with E-state index in [1.54, 1.807) is 18.2 Å². The molecule has 0 unspecified atom stereocenters. The van der Waals surface area contributed by atoms with Gasteiger partial charge < -0.3 is 24.8 Å². The number of methoxy groups -OCH3 is 2. The van der Waals surface area contributed by atoms with Crippen LogP contribution in [-0.2, 0) is 11.3 Å². The molecule has 24 heavy (non-hydrogen) atoms. The number of carbonyl (C=O) groups is 2. The van der Waals surface area contributed by atoms with Crippen LogP contribution in [0.2, 0.25) is 0 Å². The van der Waals surface area contributed by atoms with Crippen molar-refractivity contribution in [1.29, 1.82) is 0 Å². The zero-order valence-electron chi connectivity index (χ0n) is 13.2. The van der Waals surface area contributed by atoms with Gasteiger partial charge in [-0.1, -0.05) is 5.11 Å². The Labute approximate surface area is 137 Å². The smallest absolute Gasteiger partial charge is 0.405 e. The lowest BCUT2D eigenvalue weighted by atomic mass is 9.94. The summed E-state index contributed by atoms with van der Waals surface area (Å²) in [6.45, 7) is 0.182. The molecule has 1 saturated heterocycles. The normalized spacial score (nSPS) is 19.1. The van der Waals surface area contributed by atoms with Crippen LogP contribution in [-0.4, -0.2) is 54.9 Å². The van der Waals surface area contributed by atoms with Crippen molar-refractivity contribution in [1.82, 2.24) is 10.2 Å². The van der Waals surface area contributed by atoms with Crippen LogP contribution in [0.25, 0.3) is 10.4 Å². The van der Waals surface area contributed by atoms with Crippen molar-refractivity contribution in [3.8, 4) is 11.5 Å². The number of carboxylic acid groups (broad SMARTS) is 1. The number of hydrogen-bond acceptors (Lipinski definition) is 5. The zero-order valence-corrected chi connectivity index (χ0v) is 13.2. The molecule has 10 heteroatoms. The Morgan fingerprint density at radius 1 is 1.46 bits per heavy atom. The SMILES string of the molecule is COc1ccc(CN2C(=O)[C@@H](NC(=O)O)[C@H]2CN=[N+]=[N-])c(OC)c1. The summed E-state index contributed by atoms with van der Waals surface area (Å²) in [6.07, 6.45) is -1.30. The van der Waals surface area contributed by atoms with Crippen LogP contribution in [0.1, 0.15) is 5.56 Å². The minimum atomic E-state index is -1.30. The van der Waals surface area contributed by atoms with Gasteiger partial charge in [0.05, 0.1) is 20.3 Å². The van der Waals surface area contributed by atoms with E-state index in [1.165, 1.54) is 19.1 Å². The van der Waals surface area contributed by atoms with E-state index in [4.69, 9.17) is 20.1 Å². The van der Waals surface area contributed by atoms with E-state index in [2.05, 4.69) is 15.3 Å². The first-order valence-electron chi connectivity index (χ1n) is 7.03. The summed E-state index contributed by atoms with van der Waals surface area (Å²) in [5, 5.41) is 14.4. The lowest BCUT2D eigenvalue weighted by Gasteiger charge is -2.46. The summed E-state index contributed by atoms with van der Waals surface area (Å²) in [5.41, 5.74) is 9.20. The molecule has 0 radical (unpaired) electrons. The van der Waals surface area contributed by atoms with E-state index in [-0.39, 0.29) is 19.0 Å². The quantitative estimate of drug-likeness (QED) is 0.335. The third-order valence-corrected chi connectivity index (χ3v) is 3.78. The highest BCUT2D eigenvalue weighted by atomic mass is 16.5. The Morgan fingerprint density at radius 3 is 2.79 bits per heavy atom. The minimum Gasteiger partial charge on any atom is -0.497 e. The van der Waals surface area contributed by atoms with Gasteiger partial charge in [0.15, 0.2) is 0 Å². The molecule has 1 aromatic carbocycles. The summed E-state index contributed by atoms with van der Waals surface area (Å²) in [4.78, 5) is 27.1. The number of likely N-dealkylation sites (tertiary alicyclic amines) is 1. The third kappa shape index (κ3) is 3.44. The Morgan fingerprint density at radius 2 is 2.21 bits per heavy atom. The number of rotatable bonds is 7. The van der Waals surface area contributed by atoms with Crippen LogP contribution in [0.15, 0.2) is 23.3 Å². The summed E-state index contributed by atoms with van der Waals surface area (Å²) < 4.78 is 10.4. The molecule has 2 amide bonds. The number of carbonyl (C=O) groups excluding carboxylic acids is 1. The van der Waals surface area contributed by atoms with E-state index < -0.39 is 18.2 Å². The van der Waals surface area contributed by atoms with Crippen LogP contribution in [0.3, 0.4) is 0 Å². The maximum atomic E-state index is 12.2. The van der Waals surface area contributed by atoms with Gasteiger partial charge in [0.25, 0.3) is 0 Å². The number of β-lactam (4-membered cyclic amide) rings is 1. The monoisotopic (exact) mass is 335 g/mol. The fourth-order valence-corrected chi connectivity index (χ4v) is 2.58. The van der Waals surface area contributed by atoms with Gasteiger partial charge in [0.1, 0.15) is 17.5 Å². The van der Waals surface area contributed by atoms with Crippen molar-refractivity contribution in [3.05, 3.63) is 34.2 Å². The van der Waals surface area contributed by atoms with Gasteiger partial charge in [0.2, 0.25) is 5.91 Å². The number of nitrogens with one attached hydrogen (secondary N) is 1. The first-order valence-corrected chi connectivity index (χ1v) is 7.03. The molecule has 0 aliphatic carbocycles. The lowest BCUT2D eigenvalue weighted by molar-refractivity contribution is -0.151.